The number of Topliss-reactive ketones (excluding diaryl/α,β-unsaturated/α-hetero) is 1. The van der Waals surface area contributed by atoms with Crippen LogP contribution in [0.3, 0.4) is 0 Å². The quantitative estimate of drug-likeness (QED) is 0.418. The molecule has 1 fully saturated rings. The second-order valence-corrected chi connectivity index (χ2v) is 7.72. The van der Waals surface area contributed by atoms with Crippen molar-refractivity contribution in [3.63, 3.8) is 0 Å². The van der Waals surface area contributed by atoms with Crippen molar-refractivity contribution in [2.24, 2.45) is 0 Å². The maximum atomic E-state index is 13.1. The Hall–Kier alpha value is -3.32. The highest BCUT2D eigenvalue weighted by Gasteiger charge is 2.46. The van der Waals surface area contributed by atoms with Crippen LogP contribution >= 0.6 is 0 Å². The minimum absolute atomic E-state index is 0.0535. The topological polar surface area (TPSA) is 79.3 Å². The molecular weight excluding hydrogens is 396 g/mol. The molecule has 1 aliphatic rings. The maximum absolute atomic E-state index is 13.1. The number of hydrogen-bond acceptors (Lipinski definition) is 6. The Bertz CT molecular complexity index is 1030. The summed E-state index contributed by atoms with van der Waals surface area (Å²) in [7, 11) is 6.90. The number of amides is 1. The number of carbonyl (C=O) groups excluding carboxylic acids is 2. The summed E-state index contributed by atoms with van der Waals surface area (Å²) in [6.45, 7) is 2.75. The number of likely N-dealkylation sites (N-methyl/N-ethyl adjacent to an activating group) is 1. The lowest BCUT2D eigenvalue weighted by molar-refractivity contribution is -0.140. The molecule has 2 aromatic carbocycles. The van der Waals surface area contributed by atoms with Gasteiger partial charge >= 0.3 is 0 Å². The molecule has 0 aromatic heterocycles. The van der Waals surface area contributed by atoms with Gasteiger partial charge in [-0.25, -0.2) is 0 Å². The number of nitrogens with zero attached hydrogens (tertiary/aromatic N) is 2. The van der Waals surface area contributed by atoms with Crippen LogP contribution in [0.5, 0.6) is 11.5 Å². The van der Waals surface area contributed by atoms with Crippen LogP contribution in [-0.4, -0.2) is 68.0 Å². The van der Waals surface area contributed by atoms with Gasteiger partial charge in [-0.15, -0.1) is 0 Å². The van der Waals surface area contributed by atoms with Crippen molar-refractivity contribution in [2.45, 2.75) is 13.0 Å². The number of aliphatic hydroxyl groups is 1. The van der Waals surface area contributed by atoms with E-state index < -0.39 is 17.7 Å². The van der Waals surface area contributed by atoms with Gasteiger partial charge in [0.25, 0.3) is 11.7 Å². The molecule has 7 heteroatoms. The number of hydrogen-bond donors (Lipinski definition) is 1. The summed E-state index contributed by atoms with van der Waals surface area (Å²) in [4.78, 5) is 29.5. The van der Waals surface area contributed by atoms with Crippen LogP contribution in [0, 0.1) is 6.92 Å². The Kier molecular flexibility index (Phi) is 6.65. The number of ketones is 1. The first kappa shape index (κ1) is 22.4. The number of methoxy groups -OCH3 is 2. The van der Waals surface area contributed by atoms with Crippen LogP contribution in [0.2, 0.25) is 0 Å². The van der Waals surface area contributed by atoms with E-state index in [-0.39, 0.29) is 11.3 Å². The molecule has 0 aliphatic carbocycles. The van der Waals surface area contributed by atoms with Crippen molar-refractivity contribution >= 4 is 17.4 Å². The smallest absolute Gasteiger partial charge is 0.295 e. The molecule has 1 amide bonds. The second-order valence-electron chi connectivity index (χ2n) is 7.72. The fourth-order valence-corrected chi connectivity index (χ4v) is 3.82. The van der Waals surface area contributed by atoms with Gasteiger partial charge in [0, 0.05) is 24.2 Å². The Morgan fingerprint density at radius 3 is 2.35 bits per heavy atom. The molecule has 3 rings (SSSR count). The molecule has 2 aromatic rings. The van der Waals surface area contributed by atoms with Gasteiger partial charge in [-0.1, -0.05) is 18.2 Å². The molecule has 1 heterocycles. The number of para-hydroxylation sites is 1. The first-order valence-corrected chi connectivity index (χ1v) is 10.0. The van der Waals surface area contributed by atoms with Crippen LogP contribution in [0.1, 0.15) is 22.7 Å². The van der Waals surface area contributed by atoms with Crippen LogP contribution in [0.4, 0.5) is 0 Å². The fourth-order valence-electron chi connectivity index (χ4n) is 3.82. The van der Waals surface area contributed by atoms with E-state index in [1.165, 1.54) is 12.0 Å². The summed E-state index contributed by atoms with van der Waals surface area (Å²) in [6.07, 6.45) is 0. The molecule has 0 saturated carbocycles. The lowest BCUT2D eigenvalue weighted by Crippen LogP contribution is -2.35. The number of rotatable bonds is 7. The summed E-state index contributed by atoms with van der Waals surface area (Å²) in [5.74, 6) is -0.345. The van der Waals surface area contributed by atoms with E-state index in [0.29, 0.717) is 35.7 Å². The first-order valence-electron chi connectivity index (χ1n) is 10.0. The molecule has 31 heavy (non-hydrogen) atoms. The van der Waals surface area contributed by atoms with Gasteiger partial charge in [-0.05, 0) is 50.8 Å². The molecular formula is C24H28N2O5. The third-order valence-electron chi connectivity index (χ3n) is 5.43. The van der Waals surface area contributed by atoms with Crippen molar-refractivity contribution in [3.8, 4) is 11.5 Å². The minimum atomic E-state index is -0.751. The summed E-state index contributed by atoms with van der Waals surface area (Å²) in [6, 6.07) is 11.6. The lowest BCUT2D eigenvalue weighted by atomic mass is 9.94. The number of likely N-dealkylation sites (tertiary alicyclic amines) is 1. The van der Waals surface area contributed by atoms with Crippen LogP contribution < -0.4 is 9.47 Å². The number of ether oxygens (including phenoxy) is 2. The molecule has 1 N–H and O–H groups in total. The van der Waals surface area contributed by atoms with Gasteiger partial charge in [0.15, 0.2) is 0 Å². The Labute approximate surface area is 182 Å². The third-order valence-corrected chi connectivity index (χ3v) is 5.43. The lowest BCUT2D eigenvalue weighted by Gasteiger charge is -2.27. The summed E-state index contributed by atoms with van der Waals surface area (Å²) < 4.78 is 10.8. The number of carbonyl (C=O) groups is 2. The predicted octanol–water partition coefficient (Wildman–Crippen LogP) is 3.00. The zero-order valence-electron chi connectivity index (χ0n) is 18.5. The van der Waals surface area contributed by atoms with Gasteiger partial charge in [0.05, 0.1) is 25.8 Å². The minimum Gasteiger partial charge on any atom is -0.507 e. The van der Waals surface area contributed by atoms with E-state index in [2.05, 4.69) is 0 Å². The zero-order valence-corrected chi connectivity index (χ0v) is 18.5. The molecule has 1 saturated heterocycles. The van der Waals surface area contributed by atoms with Gasteiger partial charge in [0.1, 0.15) is 17.3 Å². The Balaban J connectivity index is 2.20. The highest BCUT2D eigenvalue weighted by molar-refractivity contribution is 6.46. The van der Waals surface area contributed by atoms with Crippen molar-refractivity contribution in [3.05, 3.63) is 64.7 Å². The monoisotopic (exact) mass is 424 g/mol. The molecule has 0 unspecified atom stereocenters. The molecule has 164 valence electrons. The highest BCUT2D eigenvalue weighted by Crippen LogP contribution is 2.42. The predicted molar refractivity (Wildman–Crippen MR) is 118 cm³/mol. The fraction of sp³-hybridized carbons (Fsp3) is 0.333. The van der Waals surface area contributed by atoms with Crippen molar-refractivity contribution in [2.75, 3.05) is 41.4 Å². The summed E-state index contributed by atoms with van der Waals surface area (Å²) in [5, 5.41) is 11.2. The first-order chi connectivity index (χ1) is 14.8. The second kappa shape index (κ2) is 9.22. The van der Waals surface area contributed by atoms with Crippen molar-refractivity contribution in [1.29, 1.82) is 0 Å². The largest absolute Gasteiger partial charge is 0.507 e. The standard InChI is InChI=1S/C24H28N2O5/c1-15-14-16(10-11-18(15)30-4)22(27)20-21(17-8-6-7-9-19(17)31-5)26(13-12-25(2)3)24(29)23(20)28/h6-11,14,21,27H,12-13H2,1-5H3/b22-20+/t21-/m1/s1. The highest BCUT2D eigenvalue weighted by atomic mass is 16.5. The number of aliphatic hydroxyl groups excluding tert-OH is 1. The van der Waals surface area contributed by atoms with Crippen molar-refractivity contribution < 1.29 is 24.2 Å². The van der Waals surface area contributed by atoms with E-state index in [4.69, 9.17) is 9.47 Å². The average Bonchev–Trinajstić information content (AvgIpc) is 3.01. The van der Waals surface area contributed by atoms with Gasteiger partial charge in [-0.3, -0.25) is 9.59 Å². The summed E-state index contributed by atoms with van der Waals surface area (Å²) >= 11 is 0. The van der Waals surface area contributed by atoms with Gasteiger partial charge < -0.3 is 24.4 Å². The third kappa shape index (κ3) is 4.27. The molecule has 0 bridgehead atoms. The molecule has 1 atom stereocenters. The van der Waals surface area contributed by atoms with Crippen molar-refractivity contribution in [1.82, 2.24) is 9.80 Å². The van der Waals surface area contributed by atoms with E-state index in [0.717, 1.165) is 5.56 Å². The van der Waals surface area contributed by atoms with E-state index in [1.807, 2.05) is 44.1 Å². The van der Waals surface area contributed by atoms with E-state index in [1.54, 1.807) is 31.4 Å². The number of benzene rings is 2. The van der Waals surface area contributed by atoms with E-state index >= 15 is 0 Å². The van der Waals surface area contributed by atoms with Gasteiger partial charge in [0.2, 0.25) is 0 Å². The normalized spacial score (nSPS) is 18.0. The zero-order chi connectivity index (χ0) is 22.7. The van der Waals surface area contributed by atoms with Gasteiger partial charge in [-0.2, -0.15) is 0 Å². The van der Waals surface area contributed by atoms with Crippen LogP contribution in [-0.2, 0) is 9.59 Å². The summed E-state index contributed by atoms with van der Waals surface area (Å²) in [5.41, 5.74) is 1.96. The van der Waals surface area contributed by atoms with Crippen LogP contribution in [0.15, 0.2) is 48.0 Å². The SMILES string of the molecule is COc1ccc(/C(O)=C2\C(=O)C(=O)N(CCN(C)C)[C@@H]2c2ccccc2OC)cc1C. The van der Waals surface area contributed by atoms with E-state index in [9.17, 15) is 14.7 Å². The molecule has 7 nitrogen and oxygen atoms in total. The molecule has 0 spiro atoms. The Morgan fingerprint density at radius 2 is 1.74 bits per heavy atom. The van der Waals surface area contributed by atoms with Crippen LogP contribution in [0.25, 0.3) is 5.76 Å². The molecule has 1 aliphatic heterocycles. The number of aryl methyl sites for hydroxylation is 1. The Morgan fingerprint density at radius 1 is 1.06 bits per heavy atom. The molecule has 0 radical (unpaired) electrons. The average molecular weight is 424 g/mol. The maximum Gasteiger partial charge on any atom is 0.295 e.